The predicted molar refractivity (Wildman–Crippen MR) is 136 cm³/mol. The Bertz CT molecular complexity index is 1320. The summed E-state index contributed by atoms with van der Waals surface area (Å²) >= 11 is 0. The van der Waals surface area contributed by atoms with E-state index in [1.54, 1.807) is 0 Å². The molecule has 3 aliphatic heterocycles. The normalized spacial score (nSPS) is 29.6. The number of hydrogen-bond donors (Lipinski definition) is 0. The maximum absolute atomic E-state index is 13.7. The molecule has 2 saturated heterocycles. The largest absolute Gasteiger partial charge is 0.433 e. The van der Waals surface area contributed by atoms with E-state index < -0.39 is 29.5 Å². The molecule has 1 aliphatic carbocycles. The van der Waals surface area contributed by atoms with Gasteiger partial charge in [0.05, 0.1) is 20.2 Å². The Labute approximate surface area is 213 Å². The average molecular weight is 558 g/mol. The van der Waals surface area contributed by atoms with Crippen molar-refractivity contribution in [1.82, 2.24) is 9.97 Å². The van der Waals surface area contributed by atoms with Crippen molar-refractivity contribution < 1.29 is 21.6 Å². The summed E-state index contributed by atoms with van der Waals surface area (Å²) < 4.78 is 71.6. The Morgan fingerprint density at radius 2 is 1.89 bits per heavy atom. The number of benzene rings is 1. The minimum Gasteiger partial charge on any atom is -0.356 e. The van der Waals surface area contributed by atoms with Crippen LogP contribution in [-0.4, -0.2) is 49.8 Å². The molecule has 0 amide bonds. The summed E-state index contributed by atoms with van der Waals surface area (Å²) in [6, 6.07) is 8.53. The van der Waals surface area contributed by atoms with Crippen molar-refractivity contribution in [2.75, 3.05) is 35.2 Å². The third kappa shape index (κ3) is 4.51. The first-order valence-electron chi connectivity index (χ1n) is 12.0. The van der Waals surface area contributed by atoms with Crippen molar-refractivity contribution >= 4 is 45.9 Å². The minimum atomic E-state index is -4.56. The molecule has 0 spiro atoms. The highest BCUT2D eigenvalue weighted by Crippen LogP contribution is 2.54. The maximum Gasteiger partial charge on any atom is 0.433 e. The summed E-state index contributed by atoms with van der Waals surface area (Å²) in [5.74, 6) is 0.770. The van der Waals surface area contributed by atoms with Crippen LogP contribution in [0.1, 0.15) is 31.9 Å². The van der Waals surface area contributed by atoms with E-state index in [0.29, 0.717) is 19.6 Å². The molecule has 5 atom stereocenters. The van der Waals surface area contributed by atoms with Crippen molar-refractivity contribution in [3.63, 3.8) is 0 Å². The fraction of sp³-hybridized carbons (Fsp3) is 0.565. The minimum absolute atomic E-state index is 0.0174. The fourth-order valence-electron chi connectivity index (χ4n) is 5.52. The molecular weight excluding hydrogens is 531 g/mol. The zero-order chi connectivity index (χ0) is 25.2. The van der Waals surface area contributed by atoms with Crippen molar-refractivity contribution in [2.24, 2.45) is 22.1 Å². The van der Waals surface area contributed by atoms with Gasteiger partial charge in [-0.3, -0.25) is 0 Å². The van der Waals surface area contributed by atoms with E-state index in [0.717, 1.165) is 35.9 Å². The number of hydrogen-bond acceptors (Lipinski definition) is 8. The standard InChI is InChI=1S/C23H26F3N5O2S3/c1-14-6-4-5-9-31(14)22-27-20(23(24,25)26)10-21(28-22)30-11-15-16(12-30)17(15)13-36(32,33)35-29-18-7-2-3-8-19(18)34-35/h2-3,7-8,10,14-17H,4-6,9,11-13H2,1H3/t14-,15-,16+,17+,35?/m0/s1. The molecule has 4 aliphatic rings. The van der Waals surface area contributed by atoms with Crippen LogP contribution in [-0.2, 0) is 23.8 Å². The van der Waals surface area contributed by atoms with Crippen LogP contribution in [0.25, 0.3) is 0 Å². The third-order valence-electron chi connectivity index (χ3n) is 7.56. The van der Waals surface area contributed by atoms with Crippen molar-refractivity contribution in [2.45, 2.75) is 43.3 Å². The van der Waals surface area contributed by atoms with Crippen molar-refractivity contribution in [3.05, 3.63) is 36.0 Å². The molecule has 1 aromatic heterocycles. The number of aromatic nitrogens is 2. The first kappa shape index (κ1) is 24.5. The molecule has 1 unspecified atom stereocenters. The molecule has 0 bridgehead atoms. The summed E-state index contributed by atoms with van der Waals surface area (Å²) in [6.07, 6.45) is -1.72. The first-order valence-corrected chi connectivity index (χ1v) is 16.7. The molecule has 0 radical (unpaired) electrons. The van der Waals surface area contributed by atoms with Crippen molar-refractivity contribution in [1.29, 1.82) is 0 Å². The second-order valence-electron chi connectivity index (χ2n) is 9.93. The van der Waals surface area contributed by atoms with Gasteiger partial charge < -0.3 is 9.80 Å². The highest BCUT2D eigenvalue weighted by atomic mass is 33.5. The van der Waals surface area contributed by atoms with Gasteiger partial charge in [0.25, 0.3) is 0 Å². The Morgan fingerprint density at radius 3 is 2.58 bits per heavy atom. The Kier molecular flexibility index (Phi) is 6.03. The molecule has 3 fully saturated rings. The number of nitrogens with zero attached hydrogens (tertiary/aromatic N) is 5. The molecule has 1 aromatic carbocycles. The molecule has 2 aromatic rings. The summed E-state index contributed by atoms with van der Waals surface area (Å²) in [7, 11) is -3.27. The lowest BCUT2D eigenvalue weighted by molar-refractivity contribution is -0.141. The second kappa shape index (κ2) is 8.87. The topological polar surface area (TPSA) is 78.8 Å². The molecule has 194 valence electrons. The van der Waals surface area contributed by atoms with Gasteiger partial charge in [-0.25, -0.2) is 17.8 Å². The van der Waals surface area contributed by atoms with Crippen LogP contribution >= 0.6 is 10.8 Å². The SMILES string of the molecule is C[C@H]1CCCCN1c1nc(N2C[C@@H]3[C@H](C2)[C@H]3CS(=O)(=O)S2=Nc3ccccc3S2)cc(C(F)(F)F)n1. The second-order valence-corrected chi connectivity index (χ2v) is 17.2. The quantitative estimate of drug-likeness (QED) is 0.477. The summed E-state index contributed by atoms with van der Waals surface area (Å²) in [5.41, 5.74) is -0.208. The van der Waals surface area contributed by atoms with Gasteiger partial charge >= 0.3 is 6.18 Å². The van der Waals surface area contributed by atoms with Crippen LogP contribution in [0.5, 0.6) is 0 Å². The van der Waals surface area contributed by atoms with E-state index in [4.69, 9.17) is 0 Å². The Morgan fingerprint density at radius 1 is 1.14 bits per heavy atom. The number of fused-ring (bicyclic) bond motifs is 2. The molecule has 4 heterocycles. The molecule has 36 heavy (non-hydrogen) atoms. The number of piperidine rings is 2. The number of rotatable bonds is 5. The molecule has 13 heteroatoms. The number of halogens is 3. The molecule has 7 nitrogen and oxygen atoms in total. The van der Waals surface area contributed by atoms with E-state index in [1.165, 1.54) is 10.8 Å². The van der Waals surface area contributed by atoms with Gasteiger partial charge in [-0.1, -0.05) is 12.1 Å². The maximum atomic E-state index is 13.7. The number of alkyl halides is 3. The van der Waals surface area contributed by atoms with E-state index in [1.807, 2.05) is 41.0 Å². The van der Waals surface area contributed by atoms with Crippen LogP contribution in [0.2, 0.25) is 0 Å². The van der Waals surface area contributed by atoms with Gasteiger partial charge in [-0.05, 0) is 66.9 Å². The molecule has 0 N–H and O–H groups in total. The van der Waals surface area contributed by atoms with Crippen LogP contribution in [0, 0.1) is 17.8 Å². The predicted octanol–water partition coefficient (Wildman–Crippen LogP) is 5.04. The first-order chi connectivity index (χ1) is 17.1. The highest BCUT2D eigenvalue weighted by Gasteiger charge is 2.57. The molecule has 1 saturated carbocycles. The van der Waals surface area contributed by atoms with Gasteiger partial charge in [0.2, 0.25) is 14.8 Å². The lowest BCUT2D eigenvalue weighted by Crippen LogP contribution is -2.39. The fourth-order valence-corrected chi connectivity index (χ4v) is 12.8. The Balaban J connectivity index is 1.16. The summed E-state index contributed by atoms with van der Waals surface area (Å²) in [6.45, 7) is 3.65. The summed E-state index contributed by atoms with van der Waals surface area (Å²) in [5, 5.41) is 0. The van der Waals surface area contributed by atoms with Gasteiger partial charge in [-0.2, -0.15) is 18.2 Å². The van der Waals surface area contributed by atoms with Crippen LogP contribution in [0.4, 0.5) is 30.6 Å². The molecule has 6 rings (SSSR count). The smallest absolute Gasteiger partial charge is 0.356 e. The lowest BCUT2D eigenvalue weighted by Gasteiger charge is -2.34. The van der Waals surface area contributed by atoms with Gasteiger partial charge in [0, 0.05) is 36.6 Å². The zero-order valence-corrected chi connectivity index (χ0v) is 22.0. The summed E-state index contributed by atoms with van der Waals surface area (Å²) in [4.78, 5) is 13.0. The highest BCUT2D eigenvalue weighted by molar-refractivity contribution is 9.00. The van der Waals surface area contributed by atoms with Crippen molar-refractivity contribution in [3.8, 4) is 0 Å². The number of anilines is 2. The van der Waals surface area contributed by atoms with Crippen LogP contribution in [0.15, 0.2) is 39.6 Å². The Hall–Kier alpha value is -1.86. The third-order valence-corrected chi connectivity index (χ3v) is 15.4. The zero-order valence-electron chi connectivity index (χ0n) is 19.6. The van der Waals surface area contributed by atoms with Gasteiger partial charge in [0.15, 0.2) is 5.69 Å². The monoisotopic (exact) mass is 557 g/mol. The van der Waals surface area contributed by atoms with Crippen LogP contribution in [0.3, 0.4) is 0 Å². The molecular formula is C23H26F3N5O2S3. The lowest BCUT2D eigenvalue weighted by atomic mass is 10.0. The van der Waals surface area contributed by atoms with Gasteiger partial charge in [0.1, 0.15) is 5.82 Å². The average Bonchev–Trinajstić information content (AvgIpc) is 3.21. The van der Waals surface area contributed by atoms with Gasteiger partial charge in [-0.15, -0.1) is 0 Å². The van der Waals surface area contributed by atoms with E-state index >= 15 is 0 Å². The van der Waals surface area contributed by atoms with E-state index in [-0.39, 0.29) is 41.3 Å². The van der Waals surface area contributed by atoms with E-state index in [9.17, 15) is 21.6 Å². The van der Waals surface area contributed by atoms with E-state index in [2.05, 4.69) is 14.3 Å². The van der Waals surface area contributed by atoms with Crippen LogP contribution < -0.4 is 9.80 Å².